The van der Waals surface area contributed by atoms with Crippen molar-refractivity contribution in [3.63, 3.8) is 0 Å². The lowest BCUT2D eigenvalue weighted by Crippen LogP contribution is -2.35. The highest BCUT2D eigenvalue weighted by Crippen LogP contribution is 2.20. The molecule has 1 N–H and O–H groups in total. The second kappa shape index (κ2) is 6.41. The molecule has 0 radical (unpaired) electrons. The summed E-state index contributed by atoms with van der Waals surface area (Å²) in [6.07, 6.45) is 10.3. The standard InChI is InChI=1S/C16H24N4O/c1-12-6-8-20(9-7-12)16-17-10-13(11-18-16)15(21)19-14-4-2-3-5-14/h10-12,14H,2-9H2,1H3,(H,19,21). The molecule has 2 heterocycles. The highest BCUT2D eigenvalue weighted by Gasteiger charge is 2.20. The fourth-order valence-corrected chi connectivity index (χ4v) is 3.15. The summed E-state index contributed by atoms with van der Waals surface area (Å²) < 4.78 is 0. The zero-order valence-corrected chi connectivity index (χ0v) is 12.7. The van der Waals surface area contributed by atoms with Gasteiger partial charge >= 0.3 is 0 Å². The maximum absolute atomic E-state index is 12.1. The summed E-state index contributed by atoms with van der Waals surface area (Å²) in [6, 6.07) is 0.334. The van der Waals surface area contributed by atoms with Crippen LogP contribution in [0.15, 0.2) is 12.4 Å². The van der Waals surface area contributed by atoms with E-state index in [2.05, 4.69) is 27.1 Å². The molecule has 1 aliphatic heterocycles. The minimum Gasteiger partial charge on any atom is -0.349 e. The summed E-state index contributed by atoms with van der Waals surface area (Å²) in [5, 5.41) is 3.07. The molecular weight excluding hydrogens is 264 g/mol. The van der Waals surface area contributed by atoms with Crippen molar-refractivity contribution in [1.82, 2.24) is 15.3 Å². The smallest absolute Gasteiger partial charge is 0.254 e. The van der Waals surface area contributed by atoms with Crippen LogP contribution in [0.2, 0.25) is 0 Å². The maximum Gasteiger partial charge on any atom is 0.254 e. The van der Waals surface area contributed by atoms with Gasteiger partial charge in [0.25, 0.3) is 5.91 Å². The molecule has 1 aromatic rings. The third kappa shape index (κ3) is 3.52. The van der Waals surface area contributed by atoms with Crippen LogP contribution < -0.4 is 10.2 Å². The van der Waals surface area contributed by atoms with Crippen LogP contribution in [0.5, 0.6) is 0 Å². The third-order valence-corrected chi connectivity index (χ3v) is 4.66. The van der Waals surface area contributed by atoms with Crippen LogP contribution in [0, 0.1) is 5.92 Å². The second-order valence-corrected chi connectivity index (χ2v) is 6.40. The van der Waals surface area contributed by atoms with Crippen molar-refractivity contribution < 1.29 is 4.79 Å². The number of anilines is 1. The number of rotatable bonds is 3. The molecule has 1 saturated heterocycles. The Morgan fingerprint density at radius 1 is 1.14 bits per heavy atom. The van der Waals surface area contributed by atoms with Crippen LogP contribution in [-0.2, 0) is 0 Å². The number of carbonyl (C=O) groups is 1. The van der Waals surface area contributed by atoms with Gasteiger partial charge < -0.3 is 10.2 Å². The molecule has 5 nitrogen and oxygen atoms in total. The zero-order chi connectivity index (χ0) is 14.7. The molecule has 1 aromatic heterocycles. The molecule has 1 saturated carbocycles. The van der Waals surface area contributed by atoms with Crippen LogP contribution in [0.4, 0.5) is 5.95 Å². The van der Waals surface area contributed by atoms with Crippen molar-refractivity contribution in [2.45, 2.75) is 51.5 Å². The fourth-order valence-electron chi connectivity index (χ4n) is 3.15. The number of nitrogens with zero attached hydrogens (tertiary/aromatic N) is 3. The summed E-state index contributed by atoms with van der Waals surface area (Å²) >= 11 is 0. The molecular formula is C16H24N4O. The van der Waals surface area contributed by atoms with Gasteiger partial charge in [-0.05, 0) is 31.6 Å². The highest BCUT2D eigenvalue weighted by atomic mass is 16.1. The molecule has 5 heteroatoms. The minimum absolute atomic E-state index is 0.0410. The summed E-state index contributed by atoms with van der Waals surface area (Å²) in [4.78, 5) is 23.1. The average molecular weight is 288 g/mol. The monoisotopic (exact) mass is 288 g/mol. The van der Waals surface area contributed by atoms with Gasteiger partial charge in [-0.3, -0.25) is 4.79 Å². The zero-order valence-electron chi connectivity index (χ0n) is 12.7. The lowest BCUT2D eigenvalue weighted by Gasteiger charge is -2.30. The molecule has 0 atom stereocenters. The van der Waals surface area contributed by atoms with E-state index in [0.717, 1.165) is 37.8 Å². The van der Waals surface area contributed by atoms with E-state index in [9.17, 15) is 4.79 Å². The summed E-state index contributed by atoms with van der Waals surface area (Å²) in [6.45, 7) is 4.30. The number of aromatic nitrogens is 2. The van der Waals surface area contributed by atoms with Gasteiger partial charge in [0.2, 0.25) is 5.95 Å². The number of piperidine rings is 1. The van der Waals surface area contributed by atoms with Gasteiger partial charge in [0.05, 0.1) is 5.56 Å². The first-order valence-electron chi connectivity index (χ1n) is 8.10. The fraction of sp³-hybridized carbons (Fsp3) is 0.688. The van der Waals surface area contributed by atoms with Crippen molar-refractivity contribution in [2.75, 3.05) is 18.0 Å². The summed E-state index contributed by atoms with van der Waals surface area (Å²) in [5.41, 5.74) is 0.566. The van der Waals surface area contributed by atoms with Gasteiger partial charge in [0.15, 0.2) is 0 Å². The lowest BCUT2D eigenvalue weighted by atomic mass is 10.00. The van der Waals surface area contributed by atoms with E-state index in [4.69, 9.17) is 0 Å². The van der Waals surface area contributed by atoms with E-state index in [1.54, 1.807) is 12.4 Å². The van der Waals surface area contributed by atoms with Crippen LogP contribution in [0.25, 0.3) is 0 Å². The van der Waals surface area contributed by atoms with Crippen molar-refractivity contribution >= 4 is 11.9 Å². The van der Waals surface area contributed by atoms with Gasteiger partial charge in [-0.1, -0.05) is 19.8 Å². The first-order chi connectivity index (χ1) is 10.2. The molecule has 0 unspecified atom stereocenters. The second-order valence-electron chi connectivity index (χ2n) is 6.40. The molecule has 0 spiro atoms. The highest BCUT2D eigenvalue weighted by molar-refractivity contribution is 5.93. The lowest BCUT2D eigenvalue weighted by molar-refractivity contribution is 0.0937. The first kappa shape index (κ1) is 14.3. The topological polar surface area (TPSA) is 58.1 Å². The van der Waals surface area contributed by atoms with E-state index in [0.29, 0.717) is 11.6 Å². The van der Waals surface area contributed by atoms with Crippen LogP contribution in [0.3, 0.4) is 0 Å². The number of carbonyl (C=O) groups excluding carboxylic acids is 1. The Morgan fingerprint density at radius 2 is 1.76 bits per heavy atom. The van der Waals surface area contributed by atoms with E-state index in [-0.39, 0.29) is 5.91 Å². The van der Waals surface area contributed by atoms with Gasteiger partial charge in [-0.15, -0.1) is 0 Å². The third-order valence-electron chi connectivity index (χ3n) is 4.66. The van der Waals surface area contributed by atoms with E-state index in [1.807, 2.05) is 0 Å². The Morgan fingerprint density at radius 3 is 2.38 bits per heavy atom. The van der Waals surface area contributed by atoms with Gasteiger partial charge in [0.1, 0.15) is 0 Å². The molecule has 3 rings (SSSR count). The first-order valence-corrected chi connectivity index (χ1v) is 8.10. The van der Waals surface area contributed by atoms with Gasteiger partial charge in [-0.25, -0.2) is 9.97 Å². The average Bonchev–Trinajstić information content (AvgIpc) is 3.01. The van der Waals surface area contributed by atoms with Gasteiger partial charge in [-0.2, -0.15) is 0 Å². The maximum atomic E-state index is 12.1. The molecule has 2 aliphatic rings. The Balaban J connectivity index is 1.59. The molecule has 114 valence electrons. The Bertz CT molecular complexity index is 474. The van der Waals surface area contributed by atoms with Crippen LogP contribution >= 0.6 is 0 Å². The Labute approximate surface area is 126 Å². The molecule has 0 aromatic carbocycles. The van der Waals surface area contributed by atoms with E-state index < -0.39 is 0 Å². The summed E-state index contributed by atoms with van der Waals surface area (Å²) in [5.74, 6) is 1.50. The quantitative estimate of drug-likeness (QED) is 0.928. The molecule has 21 heavy (non-hydrogen) atoms. The Hall–Kier alpha value is -1.65. The van der Waals surface area contributed by atoms with E-state index >= 15 is 0 Å². The normalized spacial score (nSPS) is 20.7. The number of nitrogens with one attached hydrogen (secondary N) is 1. The van der Waals surface area contributed by atoms with Crippen molar-refractivity contribution in [2.24, 2.45) is 5.92 Å². The minimum atomic E-state index is -0.0410. The molecule has 1 amide bonds. The number of hydrogen-bond donors (Lipinski definition) is 1. The molecule has 2 fully saturated rings. The largest absolute Gasteiger partial charge is 0.349 e. The number of hydrogen-bond acceptors (Lipinski definition) is 4. The van der Waals surface area contributed by atoms with Crippen molar-refractivity contribution in [3.05, 3.63) is 18.0 Å². The molecule has 1 aliphatic carbocycles. The van der Waals surface area contributed by atoms with E-state index in [1.165, 1.54) is 25.7 Å². The summed E-state index contributed by atoms with van der Waals surface area (Å²) in [7, 11) is 0. The molecule has 0 bridgehead atoms. The number of amides is 1. The predicted octanol–water partition coefficient (Wildman–Crippen LogP) is 2.39. The van der Waals surface area contributed by atoms with Crippen LogP contribution in [-0.4, -0.2) is 35.0 Å². The van der Waals surface area contributed by atoms with Crippen molar-refractivity contribution in [1.29, 1.82) is 0 Å². The predicted molar refractivity (Wildman–Crippen MR) is 82.4 cm³/mol. The van der Waals surface area contributed by atoms with Gasteiger partial charge in [0, 0.05) is 31.5 Å². The SMILES string of the molecule is CC1CCN(c2ncc(C(=O)NC3CCCC3)cn2)CC1. The van der Waals surface area contributed by atoms with Crippen LogP contribution in [0.1, 0.15) is 55.8 Å². The van der Waals surface area contributed by atoms with Crippen molar-refractivity contribution in [3.8, 4) is 0 Å². The Kier molecular flexibility index (Phi) is 4.36.